The molecule has 10 heteroatoms. The van der Waals surface area contributed by atoms with E-state index in [9.17, 15) is 22.4 Å². The lowest BCUT2D eigenvalue weighted by atomic mass is 10.0. The number of rotatable bonds is 4. The third-order valence-corrected chi connectivity index (χ3v) is 7.75. The van der Waals surface area contributed by atoms with E-state index in [1.807, 2.05) is 0 Å². The summed E-state index contributed by atoms with van der Waals surface area (Å²) >= 11 is 6.12. The van der Waals surface area contributed by atoms with Crippen molar-refractivity contribution in [3.63, 3.8) is 0 Å². The highest BCUT2D eigenvalue weighted by Crippen LogP contribution is 2.40. The van der Waals surface area contributed by atoms with Gasteiger partial charge in [-0.2, -0.15) is 4.31 Å². The Hall–Kier alpha value is -2.33. The Balaban J connectivity index is 1.66. The van der Waals surface area contributed by atoms with E-state index in [2.05, 4.69) is 0 Å². The zero-order valence-electron chi connectivity index (χ0n) is 16.6. The Bertz CT molecular complexity index is 1180. The van der Waals surface area contributed by atoms with Crippen LogP contribution in [-0.4, -0.2) is 50.8 Å². The minimum atomic E-state index is -3.94. The Kier molecular flexibility index (Phi) is 5.87. The predicted molar refractivity (Wildman–Crippen MR) is 110 cm³/mol. The van der Waals surface area contributed by atoms with E-state index in [4.69, 9.17) is 21.1 Å². The van der Waals surface area contributed by atoms with Crippen molar-refractivity contribution in [2.75, 3.05) is 26.3 Å². The molecule has 2 aromatic rings. The maximum absolute atomic E-state index is 14.2. The van der Waals surface area contributed by atoms with Crippen LogP contribution in [0.3, 0.4) is 0 Å². The largest absolute Gasteiger partial charge is 0.422 e. The van der Waals surface area contributed by atoms with Crippen LogP contribution < -0.4 is 4.74 Å². The molecule has 1 atom stereocenters. The maximum Gasteiger partial charge on any atom is 0.343 e. The smallest absolute Gasteiger partial charge is 0.343 e. The van der Waals surface area contributed by atoms with Crippen molar-refractivity contribution in [3.05, 3.63) is 57.9 Å². The molecule has 0 saturated carbocycles. The minimum absolute atomic E-state index is 0.0327. The molecule has 0 N–H and O–H groups in total. The van der Waals surface area contributed by atoms with Gasteiger partial charge in [0.15, 0.2) is 5.78 Å². The van der Waals surface area contributed by atoms with Crippen molar-refractivity contribution in [3.8, 4) is 5.75 Å². The summed E-state index contributed by atoms with van der Waals surface area (Å²) in [5.74, 6) is -2.09. The van der Waals surface area contributed by atoms with E-state index >= 15 is 0 Å². The van der Waals surface area contributed by atoms with Crippen molar-refractivity contribution in [2.45, 2.75) is 24.2 Å². The number of Topliss-reactive ketones (excluding diaryl/α,β-unsaturated/α-hetero) is 1. The number of ketones is 1. The normalized spacial score (nSPS) is 19.3. The first-order chi connectivity index (χ1) is 14.7. The number of fused-ring (bicyclic) bond motifs is 1. The molecule has 1 heterocycles. The standard InChI is InChI=1S/C21H19ClFNO6S/c1-12-10-16(25)20-17(5-4-15(23)19(12)20)30-21(26)13-2-3-14(22)18(11-13)31(27,28)24-6-8-29-9-7-24/h2-5,11-12H,6-10H2,1H3. The van der Waals surface area contributed by atoms with Gasteiger partial charge in [-0.05, 0) is 36.2 Å². The monoisotopic (exact) mass is 467 g/mol. The van der Waals surface area contributed by atoms with Crippen molar-refractivity contribution < 1.29 is 31.9 Å². The van der Waals surface area contributed by atoms with Crippen LogP contribution in [0.5, 0.6) is 5.75 Å². The van der Waals surface area contributed by atoms with Crippen LogP contribution in [0.2, 0.25) is 5.02 Å². The Morgan fingerprint density at radius 1 is 1.23 bits per heavy atom. The molecular weight excluding hydrogens is 449 g/mol. The van der Waals surface area contributed by atoms with Gasteiger partial charge in [0.1, 0.15) is 16.5 Å². The molecule has 1 unspecified atom stereocenters. The summed E-state index contributed by atoms with van der Waals surface area (Å²) in [5.41, 5.74) is 0.214. The number of nitrogens with zero attached hydrogens (tertiary/aromatic N) is 1. The highest BCUT2D eigenvalue weighted by atomic mass is 35.5. The molecule has 1 aliphatic carbocycles. The van der Waals surface area contributed by atoms with Gasteiger partial charge in [0.25, 0.3) is 0 Å². The zero-order chi connectivity index (χ0) is 22.3. The fourth-order valence-corrected chi connectivity index (χ4v) is 5.73. The first-order valence-corrected chi connectivity index (χ1v) is 11.5. The summed E-state index contributed by atoms with van der Waals surface area (Å²) in [6.07, 6.45) is 0.129. The summed E-state index contributed by atoms with van der Waals surface area (Å²) < 4.78 is 51.9. The average molecular weight is 468 g/mol. The third kappa shape index (κ3) is 3.98. The maximum atomic E-state index is 14.2. The van der Waals surface area contributed by atoms with Crippen molar-refractivity contribution in [1.29, 1.82) is 0 Å². The number of hydrogen-bond acceptors (Lipinski definition) is 6. The van der Waals surface area contributed by atoms with Crippen LogP contribution >= 0.6 is 11.6 Å². The number of carbonyl (C=O) groups is 2. The van der Waals surface area contributed by atoms with Gasteiger partial charge in [0, 0.05) is 25.1 Å². The lowest BCUT2D eigenvalue weighted by Crippen LogP contribution is -2.40. The predicted octanol–water partition coefficient (Wildman–Crippen LogP) is 3.41. The molecule has 31 heavy (non-hydrogen) atoms. The number of ether oxygens (including phenoxy) is 2. The van der Waals surface area contributed by atoms with Crippen LogP contribution in [0, 0.1) is 5.82 Å². The minimum Gasteiger partial charge on any atom is -0.422 e. The first kappa shape index (κ1) is 21.9. The van der Waals surface area contributed by atoms with Crippen molar-refractivity contribution >= 4 is 33.4 Å². The quantitative estimate of drug-likeness (QED) is 0.505. The summed E-state index contributed by atoms with van der Waals surface area (Å²) in [5, 5.41) is -0.0327. The highest BCUT2D eigenvalue weighted by Gasteiger charge is 2.34. The van der Waals surface area contributed by atoms with Gasteiger partial charge in [-0.15, -0.1) is 0 Å². The topological polar surface area (TPSA) is 90.0 Å². The van der Waals surface area contributed by atoms with Crippen LogP contribution in [0.25, 0.3) is 0 Å². The zero-order valence-corrected chi connectivity index (χ0v) is 18.1. The number of morpholine rings is 1. The van der Waals surface area contributed by atoms with Crippen LogP contribution in [-0.2, 0) is 14.8 Å². The second-order valence-corrected chi connectivity index (χ2v) is 9.73. The van der Waals surface area contributed by atoms with E-state index in [1.54, 1.807) is 6.92 Å². The number of benzene rings is 2. The summed E-state index contributed by atoms with van der Waals surface area (Å²) in [7, 11) is -3.94. The molecule has 164 valence electrons. The van der Waals surface area contributed by atoms with Gasteiger partial charge >= 0.3 is 5.97 Å². The molecule has 1 aliphatic heterocycles. The number of esters is 1. The Morgan fingerprint density at radius 2 is 1.94 bits per heavy atom. The van der Waals surface area contributed by atoms with E-state index in [0.717, 1.165) is 12.1 Å². The molecule has 7 nitrogen and oxygen atoms in total. The number of halogens is 2. The van der Waals surface area contributed by atoms with Crippen LogP contribution in [0.15, 0.2) is 35.2 Å². The molecule has 2 aliphatic rings. The second kappa shape index (κ2) is 8.31. The fourth-order valence-electron chi connectivity index (χ4n) is 3.82. The summed E-state index contributed by atoms with van der Waals surface area (Å²) in [6, 6.07) is 6.14. The van der Waals surface area contributed by atoms with Gasteiger partial charge in [-0.25, -0.2) is 17.6 Å². The van der Waals surface area contributed by atoms with Crippen molar-refractivity contribution in [1.82, 2.24) is 4.31 Å². The van der Waals surface area contributed by atoms with E-state index < -0.39 is 21.8 Å². The highest BCUT2D eigenvalue weighted by molar-refractivity contribution is 7.89. The van der Waals surface area contributed by atoms with Gasteiger partial charge in [0.05, 0.1) is 29.4 Å². The molecule has 0 bridgehead atoms. The van der Waals surface area contributed by atoms with Crippen molar-refractivity contribution in [2.24, 2.45) is 0 Å². The molecule has 0 aromatic heterocycles. The van der Waals surface area contributed by atoms with E-state index in [-0.39, 0.29) is 76.8 Å². The Labute approximate surface area is 183 Å². The number of carbonyl (C=O) groups excluding carboxylic acids is 2. The van der Waals surface area contributed by atoms with Gasteiger partial charge in [0.2, 0.25) is 10.0 Å². The SMILES string of the molecule is CC1CC(=O)c2c(OC(=O)c3ccc(Cl)c(S(=O)(=O)N4CCOCC4)c3)ccc(F)c21. The third-order valence-electron chi connectivity index (χ3n) is 5.37. The molecule has 0 amide bonds. The molecule has 2 aromatic carbocycles. The molecular formula is C21H19ClFNO6S. The number of sulfonamides is 1. The molecule has 1 saturated heterocycles. The van der Waals surface area contributed by atoms with Gasteiger partial charge in [-0.3, -0.25) is 4.79 Å². The molecule has 0 radical (unpaired) electrons. The number of hydrogen-bond donors (Lipinski definition) is 0. The van der Waals surface area contributed by atoms with Gasteiger partial charge < -0.3 is 9.47 Å². The van der Waals surface area contributed by atoms with E-state index in [1.165, 1.54) is 22.5 Å². The lowest BCUT2D eigenvalue weighted by molar-refractivity contribution is 0.0726. The first-order valence-electron chi connectivity index (χ1n) is 9.65. The lowest BCUT2D eigenvalue weighted by Gasteiger charge is -2.26. The van der Waals surface area contributed by atoms with Crippen LogP contribution in [0.4, 0.5) is 4.39 Å². The second-order valence-electron chi connectivity index (χ2n) is 7.41. The molecule has 4 rings (SSSR count). The Morgan fingerprint density at radius 3 is 2.65 bits per heavy atom. The van der Waals surface area contributed by atoms with Crippen LogP contribution in [0.1, 0.15) is 45.5 Å². The van der Waals surface area contributed by atoms with E-state index in [0.29, 0.717) is 0 Å². The van der Waals surface area contributed by atoms with Gasteiger partial charge in [-0.1, -0.05) is 18.5 Å². The molecule has 0 spiro atoms. The summed E-state index contributed by atoms with van der Waals surface area (Å²) in [4.78, 5) is 24.8. The average Bonchev–Trinajstić information content (AvgIpc) is 3.06. The fraction of sp³-hybridized carbons (Fsp3) is 0.333. The molecule has 1 fully saturated rings. The summed E-state index contributed by atoms with van der Waals surface area (Å²) in [6.45, 7) is 2.60.